The maximum atomic E-state index is 5.54. The van der Waals surface area contributed by atoms with Crippen LogP contribution in [-0.2, 0) is 13.0 Å². The van der Waals surface area contributed by atoms with Gasteiger partial charge in [-0.25, -0.2) is 4.98 Å². The van der Waals surface area contributed by atoms with E-state index >= 15 is 0 Å². The molecule has 2 heterocycles. The van der Waals surface area contributed by atoms with Crippen LogP contribution in [0.25, 0.3) is 11.5 Å². The molecule has 0 aliphatic carbocycles. The predicted molar refractivity (Wildman–Crippen MR) is 51.5 cm³/mol. The van der Waals surface area contributed by atoms with Crippen molar-refractivity contribution in [3.05, 3.63) is 30.0 Å². The number of aryl methyl sites for hydroxylation is 1. The van der Waals surface area contributed by atoms with E-state index in [2.05, 4.69) is 4.98 Å². The number of aromatic nitrogens is 1. The third kappa shape index (κ3) is 1.44. The minimum Gasteiger partial charge on any atom is -0.472 e. The summed E-state index contributed by atoms with van der Waals surface area (Å²) in [7, 11) is 0. The molecule has 14 heavy (non-hydrogen) atoms. The van der Waals surface area contributed by atoms with Gasteiger partial charge in [0.25, 0.3) is 0 Å². The lowest BCUT2D eigenvalue weighted by molar-refractivity contribution is 0.515. The van der Waals surface area contributed by atoms with Crippen LogP contribution in [0.5, 0.6) is 0 Å². The Hall–Kier alpha value is -1.55. The van der Waals surface area contributed by atoms with Crippen LogP contribution in [0.4, 0.5) is 0 Å². The molecule has 2 N–H and O–H groups in total. The first-order valence-corrected chi connectivity index (χ1v) is 4.56. The maximum Gasteiger partial charge on any atom is 0.229 e. The second-order valence-corrected chi connectivity index (χ2v) is 2.96. The van der Waals surface area contributed by atoms with Gasteiger partial charge in [-0.3, -0.25) is 0 Å². The molecule has 0 spiro atoms. The van der Waals surface area contributed by atoms with Crippen molar-refractivity contribution in [2.75, 3.05) is 0 Å². The fourth-order valence-corrected chi connectivity index (χ4v) is 1.33. The van der Waals surface area contributed by atoms with Gasteiger partial charge < -0.3 is 14.6 Å². The van der Waals surface area contributed by atoms with Crippen molar-refractivity contribution in [2.24, 2.45) is 5.73 Å². The van der Waals surface area contributed by atoms with Gasteiger partial charge in [-0.1, -0.05) is 6.92 Å². The molecule has 0 fully saturated rings. The summed E-state index contributed by atoms with van der Waals surface area (Å²) in [6.45, 7) is 2.41. The fourth-order valence-electron chi connectivity index (χ4n) is 1.33. The van der Waals surface area contributed by atoms with Gasteiger partial charge in [0.05, 0.1) is 24.1 Å². The van der Waals surface area contributed by atoms with Crippen LogP contribution in [-0.4, -0.2) is 4.98 Å². The molecular weight excluding hydrogens is 180 g/mol. The monoisotopic (exact) mass is 192 g/mol. The van der Waals surface area contributed by atoms with Crippen LogP contribution in [0.15, 0.2) is 27.4 Å². The average Bonchev–Trinajstić information content (AvgIpc) is 2.85. The van der Waals surface area contributed by atoms with Crippen molar-refractivity contribution >= 4 is 0 Å². The Morgan fingerprint density at radius 1 is 1.50 bits per heavy atom. The quantitative estimate of drug-likeness (QED) is 0.807. The third-order valence-corrected chi connectivity index (χ3v) is 2.07. The Bertz CT molecular complexity index is 382. The molecule has 4 nitrogen and oxygen atoms in total. The Balaban J connectivity index is 2.41. The first-order chi connectivity index (χ1) is 6.85. The first-order valence-electron chi connectivity index (χ1n) is 4.56. The van der Waals surface area contributed by atoms with E-state index in [0.29, 0.717) is 12.4 Å². The highest BCUT2D eigenvalue weighted by atomic mass is 16.4. The smallest absolute Gasteiger partial charge is 0.229 e. The van der Waals surface area contributed by atoms with E-state index in [1.165, 1.54) is 0 Å². The lowest BCUT2D eigenvalue weighted by Crippen LogP contribution is -1.97. The summed E-state index contributed by atoms with van der Waals surface area (Å²) in [5, 5.41) is 0. The van der Waals surface area contributed by atoms with Crippen molar-refractivity contribution in [3.8, 4) is 11.5 Å². The van der Waals surface area contributed by atoms with Gasteiger partial charge >= 0.3 is 0 Å². The van der Waals surface area contributed by atoms with E-state index in [-0.39, 0.29) is 0 Å². The molecule has 0 amide bonds. The molecule has 0 aliphatic rings. The second-order valence-electron chi connectivity index (χ2n) is 2.96. The zero-order valence-corrected chi connectivity index (χ0v) is 7.99. The van der Waals surface area contributed by atoms with Gasteiger partial charge in [-0.05, 0) is 12.5 Å². The Labute approximate surface area is 81.7 Å². The molecule has 2 aromatic rings. The standard InChI is InChI=1S/C10H12N2O2/c1-2-8-9(5-11)14-10(12-8)7-3-4-13-6-7/h3-4,6H,2,5,11H2,1H3. The Kier molecular flexibility index (Phi) is 2.37. The average molecular weight is 192 g/mol. The number of furan rings is 1. The van der Waals surface area contributed by atoms with Crippen LogP contribution in [0, 0.1) is 0 Å². The SMILES string of the molecule is CCc1nc(-c2ccoc2)oc1CN. The molecule has 2 rings (SSSR count). The minimum absolute atomic E-state index is 0.383. The summed E-state index contributed by atoms with van der Waals surface area (Å²) >= 11 is 0. The van der Waals surface area contributed by atoms with Crippen LogP contribution >= 0.6 is 0 Å². The van der Waals surface area contributed by atoms with E-state index < -0.39 is 0 Å². The summed E-state index contributed by atoms with van der Waals surface area (Å²) in [5.74, 6) is 1.33. The summed E-state index contributed by atoms with van der Waals surface area (Å²) in [5.41, 5.74) is 7.30. The molecule has 0 atom stereocenters. The molecule has 0 saturated carbocycles. The Morgan fingerprint density at radius 3 is 2.86 bits per heavy atom. The van der Waals surface area contributed by atoms with E-state index in [0.717, 1.165) is 23.4 Å². The molecular formula is C10H12N2O2. The topological polar surface area (TPSA) is 65.2 Å². The van der Waals surface area contributed by atoms with Gasteiger partial charge in [0.2, 0.25) is 5.89 Å². The van der Waals surface area contributed by atoms with Gasteiger partial charge in [-0.2, -0.15) is 0 Å². The molecule has 4 heteroatoms. The van der Waals surface area contributed by atoms with Crippen molar-refractivity contribution in [1.29, 1.82) is 0 Å². The van der Waals surface area contributed by atoms with E-state index in [1.54, 1.807) is 12.5 Å². The number of nitrogens with two attached hydrogens (primary N) is 1. The Morgan fingerprint density at radius 2 is 2.36 bits per heavy atom. The largest absolute Gasteiger partial charge is 0.472 e. The third-order valence-electron chi connectivity index (χ3n) is 2.07. The van der Waals surface area contributed by atoms with Crippen LogP contribution < -0.4 is 5.73 Å². The molecule has 0 saturated heterocycles. The number of rotatable bonds is 3. The highest BCUT2D eigenvalue weighted by Crippen LogP contribution is 2.22. The molecule has 0 radical (unpaired) electrons. The van der Waals surface area contributed by atoms with Gasteiger partial charge in [-0.15, -0.1) is 0 Å². The van der Waals surface area contributed by atoms with E-state index in [1.807, 2.05) is 13.0 Å². The molecule has 0 bridgehead atoms. The summed E-state index contributed by atoms with van der Waals surface area (Å²) in [6, 6.07) is 1.81. The number of nitrogens with zero attached hydrogens (tertiary/aromatic N) is 1. The van der Waals surface area contributed by atoms with Crippen LogP contribution in [0.1, 0.15) is 18.4 Å². The zero-order chi connectivity index (χ0) is 9.97. The predicted octanol–water partition coefficient (Wildman–Crippen LogP) is 1.96. The van der Waals surface area contributed by atoms with Crippen LogP contribution in [0.3, 0.4) is 0 Å². The van der Waals surface area contributed by atoms with Crippen molar-refractivity contribution < 1.29 is 8.83 Å². The highest BCUT2D eigenvalue weighted by molar-refractivity contribution is 5.51. The van der Waals surface area contributed by atoms with Crippen LogP contribution in [0.2, 0.25) is 0 Å². The van der Waals surface area contributed by atoms with E-state index in [4.69, 9.17) is 14.6 Å². The first kappa shape index (κ1) is 9.02. The second kappa shape index (κ2) is 3.67. The summed E-state index contributed by atoms with van der Waals surface area (Å²) in [6.07, 6.45) is 4.02. The van der Waals surface area contributed by atoms with Gasteiger partial charge in [0.15, 0.2) is 0 Å². The van der Waals surface area contributed by atoms with Gasteiger partial charge in [0, 0.05) is 0 Å². The normalized spacial score (nSPS) is 10.7. The molecule has 0 aromatic carbocycles. The highest BCUT2D eigenvalue weighted by Gasteiger charge is 2.12. The number of oxazole rings is 1. The maximum absolute atomic E-state index is 5.54. The molecule has 0 aliphatic heterocycles. The molecule has 2 aromatic heterocycles. The lowest BCUT2D eigenvalue weighted by atomic mass is 10.3. The van der Waals surface area contributed by atoms with Gasteiger partial charge in [0.1, 0.15) is 12.0 Å². The fraction of sp³-hybridized carbons (Fsp3) is 0.300. The van der Waals surface area contributed by atoms with Crippen molar-refractivity contribution in [1.82, 2.24) is 4.98 Å². The van der Waals surface area contributed by atoms with Crippen molar-refractivity contribution in [2.45, 2.75) is 19.9 Å². The lowest BCUT2D eigenvalue weighted by Gasteiger charge is -1.89. The minimum atomic E-state index is 0.383. The zero-order valence-electron chi connectivity index (χ0n) is 7.99. The summed E-state index contributed by atoms with van der Waals surface area (Å²) < 4.78 is 10.5. The number of hydrogen-bond donors (Lipinski definition) is 1. The summed E-state index contributed by atoms with van der Waals surface area (Å²) in [4.78, 5) is 4.34. The van der Waals surface area contributed by atoms with Crippen molar-refractivity contribution in [3.63, 3.8) is 0 Å². The molecule has 74 valence electrons. The molecule has 0 unspecified atom stereocenters. The van der Waals surface area contributed by atoms with E-state index in [9.17, 15) is 0 Å². The number of hydrogen-bond acceptors (Lipinski definition) is 4.